The lowest BCUT2D eigenvalue weighted by Crippen LogP contribution is -2.36. The van der Waals surface area contributed by atoms with Gasteiger partial charge < -0.3 is 20.3 Å². The van der Waals surface area contributed by atoms with Crippen LogP contribution >= 0.6 is 0 Å². The number of anilines is 4. The molecule has 2 N–H and O–H groups in total. The van der Waals surface area contributed by atoms with Crippen molar-refractivity contribution in [3.05, 3.63) is 36.5 Å². The quantitative estimate of drug-likeness (QED) is 0.849. The van der Waals surface area contributed by atoms with Gasteiger partial charge in [-0.2, -0.15) is 4.98 Å². The third-order valence-corrected chi connectivity index (χ3v) is 4.16. The Morgan fingerprint density at radius 1 is 1.21 bits per heavy atom. The number of morpholine rings is 1. The molecule has 6 nitrogen and oxygen atoms in total. The van der Waals surface area contributed by atoms with Gasteiger partial charge in [0.15, 0.2) is 0 Å². The standard InChI is InChI=1S/C18H25N5O/c1-3-14(2)20-18-19-9-8-17(22-18)21-15-6-4-5-7-16(15)23-10-12-24-13-11-23/h4-9,14H,3,10-13H2,1-2H3,(H2,19,20,21,22). The first-order chi connectivity index (χ1) is 11.8. The van der Waals surface area contributed by atoms with Crippen molar-refractivity contribution in [1.29, 1.82) is 0 Å². The van der Waals surface area contributed by atoms with E-state index in [1.807, 2.05) is 12.1 Å². The number of rotatable bonds is 6. The number of nitrogens with one attached hydrogen (secondary N) is 2. The zero-order valence-electron chi connectivity index (χ0n) is 14.3. The highest BCUT2D eigenvalue weighted by molar-refractivity contribution is 5.74. The minimum atomic E-state index is 0.348. The lowest BCUT2D eigenvalue weighted by molar-refractivity contribution is 0.123. The highest BCUT2D eigenvalue weighted by Gasteiger charge is 2.14. The third kappa shape index (κ3) is 4.14. The van der Waals surface area contributed by atoms with E-state index in [4.69, 9.17) is 4.74 Å². The van der Waals surface area contributed by atoms with Crippen molar-refractivity contribution in [3.63, 3.8) is 0 Å². The second-order valence-corrected chi connectivity index (χ2v) is 5.96. The summed E-state index contributed by atoms with van der Waals surface area (Å²) < 4.78 is 5.45. The second-order valence-electron chi connectivity index (χ2n) is 5.96. The molecular weight excluding hydrogens is 302 g/mol. The fourth-order valence-corrected chi connectivity index (χ4v) is 2.62. The van der Waals surface area contributed by atoms with Gasteiger partial charge in [-0.25, -0.2) is 4.98 Å². The molecule has 6 heteroatoms. The molecule has 0 saturated carbocycles. The van der Waals surface area contributed by atoms with E-state index in [9.17, 15) is 0 Å². The molecule has 1 atom stereocenters. The average molecular weight is 327 g/mol. The molecule has 1 aliphatic rings. The fraction of sp³-hybridized carbons (Fsp3) is 0.444. The van der Waals surface area contributed by atoms with Crippen LogP contribution < -0.4 is 15.5 Å². The van der Waals surface area contributed by atoms with Gasteiger partial charge in [0.1, 0.15) is 5.82 Å². The van der Waals surface area contributed by atoms with Crippen molar-refractivity contribution < 1.29 is 4.74 Å². The Morgan fingerprint density at radius 2 is 2.00 bits per heavy atom. The van der Waals surface area contributed by atoms with E-state index in [2.05, 4.69) is 57.5 Å². The maximum Gasteiger partial charge on any atom is 0.224 e. The highest BCUT2D eigenvalue weighted by atomic mass is 16.5. The molecule has 1 aromatic heterocycles. The Kier molecular flexibility index (Phi) is 5.48. The first-order valence-electron chi connectivity index (χ1n) is 8.54. The number of hydrogen-bond acceptors (Lipinski definition) is 6. The Balaban J connectivity index is 1.77. The van der Waals surface area contributed by atoms with E-state index in [1.165, 1.54) is 5.69 Å². The summed E-state index contributed by atoms with van der Waals surface area (Å²) in [5.41, 5.74) is 2.23. The minimum Gasteiger partial charge on any atom is -0.378 e. The van der Waals surface area contributed by atoms with E-state index in [1.54, 1.807) is 6.20 Å². The van der Waals surface area contributed by atoms with Crippen LogP contribution in [-0.2, 0) is 4.74 Å². The molecule has 24 heavy (non-hydrogen) atoms. The summed E-state index contributed by atoms with van der Waals surface area (Å²) in [4.78, 5) is 11.2. The van der Waals surface area contributed by atoms with Gasteiger partial charge >= 0.3 is 0 Å². The van der Waals surface area contributed by atoms with Crippen LogP contribution in [0, 0.1) is 0 Å². The zero-order valence-corrected chi connectivity index (χ0v) is 14.3. The van der Waals surface area contributed by atoms with E-state index >= 15 is 0 Å². The molecule has 1 unspecified atom stereocenters. The number of nitrogens with zero attached hydrogens (tertiary/aromatic N) is 3. The predicted octanol–water partition coefficient (Wildman–Crippen LogP) is 3.27. The summed E-state index contributed by atoms with van der Waals surface area (Å²) in [5, 5.41) is 6.73. The van der Waals surface area contributed by atoms with E-state index < -0.39 is 0 Å². The molecule has 0 bridgehead atoms. The number of para-hydroxylation sites is 2. The minimum absolute atomic E-state index is 0.348. The van der Waals surface area contributed by atoms with Crippen molar-refractivity contribution >= 4 is 23.1 Å². The van der Waals surface area contributed by atoms with Crippen LogP contribution in [0.3, 0.4) is 0 Å². The first-order valence-corrected chi connectivity index (χ1v) is 8.54. The molecule has 0 aliphatic carbocycles. The van der Waals surface area contributed by atoms with E-state index in [-0.39, 0.29) is 0 Å². The van der Waals surface area contributed by atoms with Gasteiger partial charge in [-0.15, -0.1) is 0 Å². The molecule has 2 heterocycles. The van der Waals surface area contributed by atoms with Crippen LogP contribution in [0.2, 0.25) is 0 Å². The largest absolute Gasteiger partial charge is 0.378 e. The fourth-order valence-electron chi connectivity index (χ4n) is 2.62. The van der Waals surface area contributed by atoms with Crippen molar-refractivity contribution in [2.45, 2.75) is 26.3 Å². The summed E-state index contributed by atoms with van der Waals surface area (Å²) in [6.45, 7) is 7.61. The average Bonchev–Trinajstić information content (AvgIpc) is 2.63. The van der Waals surface area contributed by atoms with Crippen LogP contribution in [0.25, 0.3) is 0 Å². The maximum atomic E-state index is 5.45. The number of hydrogen-bond donors (Lipinski definition) is 2. The molecule has 1 saturated heterocycles. The van der Waals surface area contributed by atoms with Crippen molar-refractivity contribution in [1.82, 2.24) is 9.97 Å². The molecule has 1 aliphatic heterocycles. The zero-order chi connectivity index (χ0) is 16.8. The topological polar surface area (TPSA) is 62.3 Å². The van der Waals surface area contributed by atoms with Crippen LogP contribution in [0.5, 0.6) is 0 Å². The van der Waals surface area contributed by atoms with Gasteiger partial charge in [-0.05, 0) is 31.5 Å². The Morgan fingerprint density at radius 3 is 2.79 bits per heavy atom. The lowest BCUT2D eigenvalue weighted by Gasteiger charge is -2.30. The predicted molar refractivity (Wildman–Crippen MR) is 98.2 cm³/mol. The van der Waals surface area contributed by atoms with Crippen molar-refractivity contribution in [2.24, 2.45) is 0 Å². The van der Waals surface area contributed by atoms with E-state index in [0.717, 1.165) is 44.2 Å². The molecule has 1 fully saturated rings. The van der Waals surface area contributed by atoms with Gasteiger partial charge in [0.05, 0.1) is 24.6 Å². The van der Waals surface area contributed by atoms with Gasteiger partial charge in [-0.3, -0.25) is 0 Å². The molecule has 128 valence electrons. The number of benzene rings is 1. The molecule has 2 aromatic rings. The van der Waals surface area contributed by atoms with Gasteiger partial charge in [-0.1, -0.05) is 19.1 Å². The van der Waals surface area contributed by atoms with Crippen LogP contribution in [-0.4, -0.2) is 42.3 Å². The van der Waals surface area contributed by atoms with E-state index in [0.29, 0.717) is 12.0 Å². The smallest absolute Gasteiger partial charge is 0.224 e. The molecule has 3 rings (SSSR count). The second kappa shape index (κ2) is 7.97. The van der Waals surface area contributed by atoms with Gasteiger partial charge in [0, 0.05) is 25.3 Å². The summed E-state index contributed by atoms with van der Waals surface area (Å²) >= 11 is 0. The van der Waals surface area contributed by atoms with Crippen LogP contribution in [0.15, 0.2) is 36.5 Å². The molecule has 0 spiro atoms. The maximum absolute atomic E-state index is 5.45. The number of aromatic nitrogens is 2. The molecule has 0 radical (unpaired) electrons. The summed E-state index contributed by atoms with van der Waals surface area (Å²) in [7, 11) is 0. The Hall–Kier alpha value is -2.34. The summed E-state index contributed by atoms with van der Waals surface area (Å²) in [5.74, 6) is 1.44. The summed E-state index contributed by atoms with van der Waals surface area (Å²) in [6, 6.07) is 10.5. The highest BCUT2D eigenvalue weighted by Crippen LogP contribution is 2.28. The van der Waals surface area contributed by atoms with Gasteiger partial charge in [0.2, 0.25) is 5.95 Å². The van der Waals surface area contributed by atoms with Crippen LogP contribution in [0.4, 0.5) is 23.1 Å². The molecule has 1 aromatic carbocycles. The normalized spacial score (nSPS) is 15.8. The monoisotopic (exact) mass is 327 g/mol. The lowest BCUT2D eigenvalue weighted by atomic mass is 10.2. The summed E-state index contributed by atoms with van der Waals surface area (Å²) in [6.07, 6.45) is 2.80. The van der Waals surface area contributed by atoms with Gasteiger partial charge in [0.25, 0.3) is 0 Å². The number of ether oxygens (including phenoxy) is 1. The van der Waals surface area contributed by atoms with Crippen molar-refractivity contribution in [3.8, 4) is 0 Å². The molecular formula is C18H25N5O. The SMILES string of the molecule is CCC(C)Nc1nccc(Nc2ccccc2N2CCOCC2)n1. The van der Waals surface area contributed by atoms with Crippen LogP contribution in [0.1, 0.15) is 20.3 Å². The Bertz CT molecular complexity index is 657. The van der Waals surface area contributed by atoms with Crippen molar-refractivity contribution in [2.75, 3.05) is 41.8 Å². The Labute approximate surface area is 143 Å². The third-order valence-electron chi connectivity index (χ3n) is 4.16. The molecule has 0 amide bonds. The first kappa shape index (κ1) is 16.5.